The number of alkyl halides is 1. The SMILES string of the molecule is Cc1nc(CN(C)C2CCCCC2Br)cs1. The van der Waals surface area contributed by atoms with E-state index in [1.807, 2.05) is 0 Å². The van der Waals surface area contributed by atoms with Gasteiger partial charge < -0.3 is 0 Å². The van der Waals surface area contributed by atoms with Crippen molar-refractivity contribution in [3.63, 3.8) is 0 Å². The second-order valence-electron chi connectivity index (χ2n) is 4.64. The van der Waals surface area contributed by atoms with Gasteiger partial charge >= 0.3 is 0 Å². The van der Waals surface area contributed by atoms with E-state index in [1.54, 1.807) is 11.3 Å². The van der Waals surface area contributed by atoms with Crippen molar-refractivity contribution in [2.45, 2.75) is 50.0 Å². The fourth-order valence-electron chi connectivity index (χ4n) is 2.42. The number of thiazole rings is 1. The van der Waals surface area contributed by atoms with Gasteiger partial charge in [-0.15, -0.1) is 11.3 Å². The Morgan fingerprint density at radius 2 is 2.25 bits per heavy atom. The van der Waals surface area contributed by atoms with Crippen LogP contribution in [0.1, 0.15) is 36.4 Å². The van der Waals surface area contributed by atoms with E-state index in [2.05, 4.69) is 45.2 Å². The molecule has 0 radical (unpaired) electrons. The normalized spacial score (nSPS) is 26.2. The molecule has 1 aliphatic carbocycles. The highest BCUT2D eigenvalue weighted by Crippen LogP contribution is 2.28. The van der Waals surface area contributed by atoms with Crippen LogP contribution in [-0.4, -0.2) is 27.8 Å². The van der Waals surface area contributed by atoms with Gasteiger partial charge in [-0.1, -0.05) is 28.8 Å². The van der Waals surface area contributed by atoms with Crippen molar-refractivity contribution in [3.05, 3.63) is 16.1 Å². The van der Waals surface area contributed by atoms with Crippen LogP contribution in [0.2, 0.25) is 0 Å². The Kier molecular flexibility index (Phi) is 4.39. The van der Waals surface area contributed by atoms with E-state index in [1.165, 1.54) is 36.4 Å². The standard InChI is InChI=1S/C12H19BrN2S/c1-9-14-10(8-16-9)7-15(2)12-6-4-3-5-11(12)13/h8,11-12H,3-7H2,1-2H3. The van der Waals surface area contributed by atoms with E-state index in [9.17, 15) is 0 Å². The van der Waals surface area contributed by atoms with E-state index in [4.69, 9.17) is 0 Å². The molecule has 0 aromatic carbocycles. The van der Waals surface area contributed by atoms with Crippen molar-refractivity contribution in [1.29, 1.82) is 0 Å². The number of nitrogens with zero attached hydrogens (tertiary/aromatic N) is 2. The molecule has 1 aromatic heterocycles. The smallest absolute Gasteiger partial charge is 0.0897 e. The van der Waals surface area contributed by atoms with Crippen LogP contribution in [-0.2, 0) is 6.54 Å². The van der Waals surface area contributed by atoms with Crippen LogP contribution in [0.4, 0.5) is 0 Å². The van der Waals surface area contributed by atoms with Crippen molar-refractivity contribution >= 4 is 27.3 Å². The Labute approximate surface area is 110 Å². The molecule has 4 heteroatoms. The topological polar surface area (TPSA) is 16.1 Å². The molecule has 0 aliphatic heterocycles. The van der Waals surface area contributed by atoms with Gasteiger partial charge in [0.2, 0.25) is 0 Å². The Balaban J connectivity index is 1.93. The first-order valence-corrected chi connectivity index (χ1v) is 7.71. The highest BCUT2D eigenvalue weighted by molar-refractivity contribution is 9.09. The van der Waals surface area contributed by atoms with Crippen LogP contribution in [0.25, 0.3) is 0 Å². The highest BCUT2D eigenvalue weighted by Gasteiger charge is 2.26. The average molecular weight is 303 g/mol. The van der Waals surface area contributed by atoms with Gasteiger partial charge in [-0.05, 0) is 26.8 Å². The first-order valence-electron chi connectivity index (χ1n) is 5.92. The fraction of sp³-hybridized carbons (Fsp3) is 0.750. The Morgan fingerprint density at radius 3 is 2.88 bits per heavy atom. The van der Waals surface area contributed by atoms with Gasteiger partial charge in [0.1, 0.15) is 0 Å². The third-order valence-electron chi connectivity index (χ3n) is 3.29. The predicted octanol–water partition coefficient (Wildman–Crippen LogP) is 3.59. The summed E-state index contributed by atoms with van der Waals surface area (Å²) in [6.07, 6.45) is 5.36. The predicted molar refractivity (Wildman–Crippen MR) is 73.3 cm³/mol. The van der Waals surface area contributed by atoms with Gasteiger partial charge in [0, 0.05) is 22.8 Å². The maximum atomic E-state index is 4.53. The van der Waals surface area contributed by atoms with Crippen LogP contribution in [0.5, 0.6) is 0 Å². The lowest BCUT2D eigenvalue weighted by atomic mass is 9.94. The quantitative estimate of drug-likeness (QED) is 0.793. The summed E-state index contributed by atoms with van der Waals surface area (Å²) < 4.78 is 0. The average Bonchev–Trinajstić information content (AvgIpc) is 2.64. The first kappa shape index (κ1) is 12.5. The second kappa shape index (κ2) is 5.61. The van der Waals surface area contributed by atoms with Crippen LogP contribution < -0.4 is 0 Å². The van der Waals surface area contributed by atoms with E-state index in [0.717, 1.165) is 6.54 Å². The largest absolute Gasteiger partial charge is 0.296 e. The lowest BCUT2D eigenvalue weighted by molar-refractivity contribution is 0.191. The van der Waals surface area contributed by atoms with Crippen LogP contribution in [0.3, 0.4) is 0 Å². The van der Waals surface area contributed by atoms with Crippen molar-refractivity contribution in [1.82, 2.24) is 9.88 Å². The number of hydrogen-bond acceptors (Lipinski definition) is 3. The number of hydrogen-bond donors (Lipinski definition) is 0. The Hall–Kier alpha value is 0.0700. The molecule has 1 aliphatic rings. The van der Waals surface area contributed by atoms with Gasteiger partial charge in [-0.25, -0.2) is 4.98 Å². The molecule has 1 aromatic rings. The summed E-state index contributed by atoms with van der Waals surface area (Å²) >= 11 is 5.56. The first-order chi connectivity index (χ1) is 7.66. The van der Waals surface area contributed by atoms with Gasteiger partial charge in [0.15, 0.2) is 0 Å². The van der Waals surface area contributed by atoms with Gasteiger partial charge in [-0.2, -0.15) is 0 Å². The molecule has 0 spiro atoms. The Bertz CT molecular complexity index is 340. The van der Waals surface area contributed by atoms with E-state index >= 15 is 0 Å². The minimum absolute atomic E-state index is 0.658. The van der Waals surface area contributed by atoms with E-state index in [-0.39, 0.29) is 0 Å². The maximum absolute atomic E-state index is 4.53. The monoisotopic (exact) mass is 302 g/mol. The Morgan fingerprint density at radius 1 is 1.50 bits per heavy atom. The molecule has 0 saturated heterocycles. The van der Waals surface area contributed by atoms with E-state index in [0.29, 0.717) is 10.9 Å². The summed E-state index contributed by atoms with van der Waals surface area (Å²) in [6, 6.07) is 0.677. The zero-order valence-corrected chi connectivity index (χ0v) is 12.4. The molecular formula is C12H19BrN2S. The number of rotatable bonds is 3. The highest BCUT2D eigenvalue weighted by atomic mass is 79.9. The lowest BCUT2D eigenvalue weighted by Crippen LogP contribution is -2.40. The third-order valence-corrected chi connectivity index (χ3v) is 5.18. The maximum Gasteiger partial charge on any atom is 0.0897 e. The molecule has 0 amide bonds. The molecule has 0 bridgehead atoms. The molecule has 1 fully saturated rings. The summed E-state index contributed by atoms with van der Waals surface area (Å²) in [7, 11) is 2.22. The molecule has 2 rings (SSSR count). The summed E-state index contributed by atoms with van der Waals surface area (Å²) in [4.78, 5) is 7.64. The summed E-state index contributed by atoms with van der Waals surface area (Å²) in [5, 5.41) is 3.35. The summed E-state index contributed by atoms with van der Waals surface area (Å²) in [5.74, 6) is 0. The molecule has 2 unspecified atom stereocenters. The van der Waals surface area contributed by atoms with Crippen LogP contribution in [0, 0.1) is 6.92 Å². The van der Waals surface area contributed by atoms with Crippen molar-refractivity contribution in [2.75, 3.05) is 7.05 Å². The minimum Gasteiger partial charge on any atom is -0.296 e. The molecule has 1 saturated carbocycles. The third kappa shape index (κ3) is 3.05. The molecule has 16 heavy (non-hydrogen) atoms. The van der Waals surface area contributed by atoms with E-state index < -0.39 is 0 Å². The number of halogens is 1. The van der Waals surface area contributed by atoms with Gasteiger partial charge in [0.25, 0.3) is 0 Å². The van der Waals surface area contributed by atoms with Crippen molar-refractivity contribution < 1.29 is 0 Å². The molecule has 2 nitrogen and oxygen atoms in total. The zero-order chi connectivity index (χ0) is 11.5. The van der Waals surface area contributed by atoms with Crippen LogP contribution in [0.15, 0.2) is 5.38 Å². The minimum atomic E-state index is 0.658. The summed E-state index contributed by atoms with van der Waals surface area (Å²) in [5.41, 5.74) is 1.22. The van der Waals surface area contributed by atoms with Crippen molar-refractivity contribution in [3.8, 4) is 0 Å². The van der Waals surface area contributed by atoms with Crippen LogP contribution >= 0.6 is 27.3 Å². The molecular weight excluding hydrogens is 284 g/mol. The lowest BCUT2D eigenvalue weighted by Gasteiger charge is -2.34. The van der Waals surface area contributed by atoms with Gasteiger partial charge in [-0.3, -0.25) is 4.90 Å². The molecule has 1 heterocycles. The second-order valence-corrected chi connectivity index (χ2v) is 6.88. The molecule has 90 valence electrons. The zero-order valence-electron chi connectivity index (χ0n) is 9.95. The fourth-order valence-corrected chi connectivity index (χ4v) is 4.01. The molecule has 0 N–H and O–H groups in total. The number of aryl methyl sites for hydroxylation is 1. The van der Waals surface area contributed by atoms with Crippen molar-refractivity contribution in [2.24, 2.45) is 0 Å². The summed E-state index contributed by atoms with van der Waals surface area (Å²) in [6.45, 7) is 3.05. The number of aromatic nitrogens is 1. The molecule has 2 atom stereocenters. The van der Waals surface area contributed by atoms with Gasteiger partial charge in [0.05, 0.1) is 10.7 Å².